The van der Waals surface area contributed by atoms with Crippen molar-refractivity contribution >= 4 is 5.69 Å². The van der Waals surface area contributed by atoms with Crippen molar-refractivity contribution in [1.29, 1.82) is 0 Å². The lowest BCUT2D eigenvalue weighted by molar-refractivity contribution is 0.414. The number of nitrogens with zero attached hydrogens (tertiary/aromatic N) is 2. The molecule has 19 heavy (non-hydrogen) atoms. The number of ether oxygens (including phenoxy) is 1. The van der Waals surface area contributed by atoms with Crippen LogP contribution < -0.4 is 15.0 Å². The highest BCUT2D eigenvalue weighted by Crippen LogP contribution is 2.23. The SMILES string of the molecule is COc1ccc(C2CN(c3cn[nH]c3)CCN2)cc1. The van der Waals surface area contributed by atoms with E-state index in [4.69, 9.17) is 4.74 Å². The lowest BCUT2D eigenvalue weighted by Crippen LogP contribution is -2.45. The van der Waals surface area contributed by atoms with Gasteiger partial charge in [0.15, 0.2) is 0 Å². The first-order valence-corrected chi connectivity index (χ1v) is 6.48. The first-order chi connectivity index (χ1) is 9.36. The number of aromatic nitrogens is 2. The van der Waals surface area contributed by atoms with Crippen LogP contribution in [0, 0.1) is 0 Å². The Balaban J connectivity index is 1.73. The Bertz CT molecular complexity index is 509. The first-order valence-electron chi connectivity index (χ1n) is 6.48. The van der Waals surface area contributed by atoms with Gasteiger partial charge in [-0.25, -0.2) is 0 Å². The molecule has 1 saturated heterocycles. The molecule has 0 saturated carbocycles. The van der Waals surface area contributed by atoms with Gasteiger partial charge in [-0.15, -0.1) is 0 Å². The molecular weight excluding hydrogens is 240 g/mol. The van der Waals surface area contributed by atoms with Gasteiger partial charge in [-0.1, -0.05) is 12.1 Å². The van der Waals surface area contributed by atoms with E-state index in [1.54, 1.807) is 7.11 Å². The summed E-state index contributed by atoms with van der Waals surface area (Å²) in [7, 11) is 1.69. The number of piperazine rings is 1. The summed E-state index contributed by atoms with van der Waals surface area (Å²) >= 11 is 0. The van der Waals surface area contributed by atoms with Crippen molar-refractivity contribution < 1.29 is 4.74 Å². The highest BCUT2D eigenvalue weighted by atomic mass is 16.5. The molecule has 0 aliphatic carbocycles. The smallest absolute Gasteiger partial charge is 0.118 e. The van der Waals surface area contributed by atoms with E-state index in [2.05, 4.69) is 32.5 Å². The van der Waals surface area contributed by atoms with Crippen molar-refractivity contribution in [1.82, 2.24) is 15.5 Å². The fourth-order valence-electron chi connectivity index (χ4n) is 2.46. The Morgan fingerprint density at radius 3 is 2.84 bits per heavy atom. The van der Waals surface area contributed by atoms with E-state index in [1.807, 2.05) is 24.5 Å². The number of anilines is 1. The quantitative estimate of drug-likeness (QED) is 0.877. The zero-order valence-corrected chi connectivity index (χ0v) is 11.0. The molecule has 1 fully saturated rings. The Morgan fingerprint density at radius 2 is 2.16 bits per heavy atom. The standard InChI is InChI=1S/C14H18N4O/c1-19-13-4-2-11(3-5-13)14-10-18(7-6-15-14)12-8-16-17-9-12/h2-5,8-9,14-15H,6-7,10H2,1H3,(H,16,17). The molecule has 0 radical (unpaired) electrons. The fourth-order valence-corrected chi connectivity index (χ4v) is 2.46. The van der Waals surface area contributed by atoms with E-state index in [1.165, 1.54) is 5.56 Å². The Labute approximate surface area is 112 Å². The molecule has 1 aliphatic heterocycles. The van der Waals surface area contributed by atoms with Crippen LogP contribution in [0.1, 0.15) is 11.6 Å². The van der Waals surface area contributed by atoms with Crippen molar-refractivity contribution in [3.8, 4) is 5.75 Å². The van der Waals surface area contributed by atoms with E-state index in [-0.39, 0.29) is 0 Å². The molecule has 1 atom stereocenters. The van der Waals surface area contributed by atoms with Gasteiger partial charge in [0, 0.05) is 31.9 Å². The maximum absolute atomic E-state index is 5.19. The third-order valence-electron chi connectivity index (χ3n) is 3.54. The predicted octanol–water partition coefficient (Wildman–Crippen LogP) is 1.57. The van der Waals surface area contributed by atoms with Crippen molar-refractivity contribution in [2.24, 2.45) is 0 Å². The molecule has 0 amide bonds. The molecule has 5 nitrogen and oxygen atoms in total. The molecule has 5 heteroatoms. The van der Waals surface area contributed by atoms with E-state index >= 15 is 0 Å². The van der Waals surface area contributed by atoms with Crippen molar-refractivity contribution in [2.75, 3.05) is 31.6 Å². The van der Waals surface area contributed by atoms with Gasteiger partial charge in [-0.2, -0.15) is 5.10 Å². The normalized spacial score (nSPS) is 19.4. The number of rotatable bonds is 3. The van der Waals surface area contributed by atoms with E-state index in [0.29, 0.717) is 6.04 Å². The summed E-state index contributed by atoms with van der Waals surface area (Å²) < 4.78 is 5.19. The van der Waals surface area contributed by atoms with Gasteiger partial charge in [0.05, 0.1) is 19.0 Å². The Hall–Kier alpha value is -2.01. The van der Waals surface area contributed by atoms with Crippen LogP contribution in [-0.4, -0.2) is 36.9 Å². The van der Waals surface area contributed by atoms with E-state index in [9.17, 15) is 0 Å². The molecule has 100 valence electrons. The molecule has 2 N–H and O–H groups in total. The summed E-state index contributed by atoms with van der Waals surface area (Å²) in [5, 5.41) is 10.4. The number of benzene rings is 1. The van der Waals surface area contributed by atoms with Crippen LogP contribution >= 0.6 is 0 Å². The van der Waals surface area contributed by atoms with Crippen molar-refractivity contribution in [2.45, 2.75) is 6.04 Å². The van der Waals surface area contributed by atoms with Crippen LogP contribution in [0.5, 0.6) is 5.75 Å². The lowest BCUT2D eigenvalue weighted by Gasteiger charge is -2.34. The highest BCUT2D eigenvalue weighted by molar-refractivity contribution is 5.43. The number of methoxy groups -OCH3 is 1. The molecule has 0 bridgehead atoms. The molecule has 2 aromatic rings. The summed E-state index contributed by atoms with van der Waals surface area (Å²) in [4.78, 5) is 2.34. The molecule has 3 rings (SSSR count). The van der Waals surface area contributed by atoms with Crippen LogP contribution in [-0.2, 0) is 0 Å². The minimum atomic E-state index is 0.342. The lowest BCUT2D eigenvalue weighted by atomic mass is 10.0. The number of nitrogens with one attached hydrogen (secondary N) is 2. The maximum atomic E-state index is 5.19. The second-order valence-electron chi connectivity index (χ2n) is 4.68. The van der Waals surface area contributed by atoms with Gasteiger partial charge in [-0.3, -0.25) is 5.10 Å². The van der Waals surface area contributed by atoms with E-state index in [0.717, 1.165) is 31.1 Å². The number of aromatic amines is 1. The van der Waals surface area contributed by atoms with Crippen LogP contribution in [0.25, 0.3) is 0 Å². The minimum absolute atomic E-state index is 0.342. The van der Waals surface area contributed by atoms with Gasteiger partial charge in [0.1, 0.15) is 5.75 Å². The second kappa shape index (κ2) is 5.32. The summed E-state index contributed by atoms with van der Waals surface area (Å²) in [6.07, 6.45) is 3.81. The van der Waals surface area contributed by atoms with Crippen LogP contribution in [0.4, 0.5) is 5.69 Å². The van der Waals surface area contributed by atoms with Crippen molar-refractivity contribution in [3.05, 3.63) is 42.2 Å². The predicted molar refractivity (Wildman–Crippen MR) is 74.5 cm³/mol. The molecular formula is C14H18N4O. The van der Waals surface area contributed by atoms with Gasteiger partial charge >= 0.3 is 0 Å². The third-order valence-corrected chi connectivity index (χ3v) is 3.54. The van der Waals surface area contributed by atoms with Crippen molar-refractivity contribution in [3.63, 3.8) is 0 Å². The molecule has 1 unspecified atom stereocenters. The third kappa shape index (κ3) is 2.56. The molecule has 1 aromatic heterocycles. The van der Waals surface area contributed by atoms with Gasteiger partial charge in [-0.05, 0) is 17.7 Å². The largest absolute Gasteiger partial charge is 0.497 e. The Kier molecular flexibility index (Phi) is 3.37. The average Bonchev–Trinajstić information content (AvgIpc) is 3.02. The zero-order valence-electron chi connectivity index (χ0n) is 11.0. The second-order valence-corrected chi connectivity index (χ2v) is 4.68. The fraction of sp³-hybridized carbons (Fsp3) is 0.357. The first kappa shape index (κ1) is 12.0. The minimum Gasteiger partial charge on any atom is -0.497 e. The van der Waals surface area contributed by atoms with E-state index < -0.39 is 0 Å². The van der Waals surface area contributed by atoms with Gasteiger partial charge < -0.3 is 15.0 Å². The van der Waals surface area contributed by atoms with Gasteiger partial charge in [0.25, 0.3) is 0 Å². The molecule has 2 heterocycles. The summed E-state index contributed by atoms with van der Waals surface area (Å²) in [5.74, 6) is 0.895. The topological polar surface area (TPSA) is 53.2 Å². The average molecular weight is 258 g/mol. The molecule has 1 aliphatic rings. The maximum Gasteiger partial charge on any atom is 0.118 e. The Morgan fingerprint density at radius 1 is 1.32 bits per heavy atom. The number of hydrogen-bond acceptors (Lipinski definition) is 4. The summed E-state index contributed by atoms with van der Waals surface area (Å²) in [6, 6.07) is 8.60. The van der Waals surface area contributed by atoms with Crippen LogP contribution in [0.3, 0.4) is 0 Å². The van der Waals surface area contributed by atoms with Crippen LogP contribution in [0.2, 0.25) is 0 Å². The summed E-state index contributed by atoms with van der Waals surface area (Å²) in [6.45, 7) is 2.93. The highest BCUT2D eigenvalue weighted by Gasteiger charge is 2.21. The zero-order chi connectivity index (χ0) is 13.1. The summed E-state index contributed by atoms with van der Waals surface area (Å²) in [5.41, 5.74) is 2.44. The number of H-pyrrole nitrogens is 1. The molecule has 0 spiro atoms. The molecule has 1 aromatic carbocycles. The number of hydrogen-bond donors (Lipinski definition) is 2. The van der Waals surface area contributed by atoms with Gasteiger partial charge in [0.2, 0.25) is 0 Å². The monoisotopic (exact) mass is 258 g/mol. The van der Waals surface area contributed by atoms with Crippen LogP contribution in [0.15, 0.2) is 36.7 Å².